The van der Waals surface area contributed by atoms with Crippen LogP contribution in [0.5, 0.6) is 0 Å². The van der Waals surface area contributed by atoms with Crippen molar-refractivity contribution in [1.29, 1.82) is 0 Å². The number of hydrazone groups is 1. The predicted octanol–water partition coefficient (Wildman–Crippen LogP) is 5.32. The number of hydrogen-bond donors (Lipinski definition) is 0. The van der Waals surface area contributed by atoms with Gasteiger partial charge in [-0.05, 0) is 38.2 Å². The minimum atomic E-state index is 0.491. The number of thioether (sulfide) groups is 1. The summed E-state index contributed by atoms with van der Waals surface area (Å²) in [6.07, 6.45) is 1.98. The minimum Gasteiger partial charge on any atom is -0.335 e. The van der Waals surface area contributed by atoms with Crippen molar-refractivity contribution in [2.24, 2.45) is 10.1 Å². The first-order valence-corrected chi connectivity index (χ1v) is 10.3. The van der Waals surface area contributed by atoms with Crippen molar-refractivity contribution in [3.8, 4) is 11.3 Å². The molecule has 5 nitrogen and oxygen atoms in total. The number of hydrogen-bond acceptors (Lipinski definition) is 6. The van der Waals surface area contributed by atoms with Crippen molar-refractivity contribution >= 4 is 28.5 Å². The molecule has 0 radical (unpaired) electrons. The van der Waals surface area contributed by atoms with Gasteiger partial charge >= 0.3 is 0 Å². The molecular weight excluding hydrogens is 368 g/mol. The Morgan fingerprint density at radius 2 is 1.64 bits per heavy atom. The number of fused-ring (bicyclic) bond motifs is 1. The Morgan fingerprint density at radius 3 is 2.29 bits per heavy atom. The van der Waals surface area contributed by atoms with Crippen LogP contribution in [0.15, 0.2) is 57.1 Å². The van der Waals surface area contributed by atoms with E-state index < -0.39 is 0 Å². The number of benzene rings is 2. The highest BCUT2D eigenvalue weighted by molar-refractivity contribution is 8.13. The van der Waals surface area contributed by atoms with Crippen molar-refractivity contribution in [1.82, 2.24) is 10.2 Å². The van der Waals surface area contributed by atoms with Gasteiger partial charge in [0.2, 0.25) is 0 Å². The molecule has 3 aromatic rings. The van der Waals surface area contributed by atoms with Crippen molar-refractivity contribution < 1.29 is 4.52 Å². The maximum absolute atomic E-state index is 5.74. The van der Waals surface area contributed by atoms with Gasteiger partial charge in [-0.2, -0.15) is 10.1 Å². The molecule has 1 aliphatic rings. The van der Waals surface area contributed by atoms with Crippen LogP contribution in [0.1, 0.15) is 27.8 Å². The van der Waals surface area contributed by atoms with Gasteiger partial charge in [0.15, 0.2) is 5.17 Å². The Bertz CT molecular complexity index is 1080. The van der Waals surface area contributed by atoms with Gasteiger partial charge in [0.05, 0.1) is 5.56 Å². The smallest absolute Gasteiger partial charge is 0.263 e. The first-order valence-electron chi connectivity index (χ1n) is 9.08. The topological polar surface area (TPSA) is 54.0 Å². The maximum atomic E-state index is 5.74. The number of aryl methyl sites for hydroxylation is 3. The molecule has 2 heterocycles. The number of aliphatic imine (C=N–C) groups is 1. The van der Waals surface area contributed by atoms with Crippen LogP contribution in [0.2, 0.25) is 0 Å². The van der Waals surface area contributed by atoms with Crippen LogP contribution in [-0.4, -0.2) is 34.3 Å². The second-order valence-corrected chi connectivity index (χ2v) is 7.70. The molecule has 1 aliphatic heterocycles. The fourth-order valence-corrected chi connectivity index (χ4v) is 4.15. The van der Waals surface area contributed by atoms with E-state index >= 15 is 0 Å². The molecule has 0 amide bonds. The quantitative estimate of drug-likeness (QED) is 0.595. The van der Waals surface area contributed by atoms with Gasteiger partial charge in [-0.3, -0.25) is 0 Å². The van der Waals surface area contributed by atoms with E-state index in [1.165, 1.54) is 17.3 Å². The van der Waals surface area contributed by atoms with Crippen molar-refractivity contribution in [2.45, 2.75) is 20.8 Å². The van der Waals surface area contributed by atoms with Crippen molar-refractivity contribution in [3.63, 3.8) is 0 Å². The van der Waals surface area contributed by atoms with Gasteiger partial charge in [0.25, 0.3) is 5.88 Å². The van der Waals surface area contributed by atoms with Crippen LogP contribution >= 0.6 is 11.8 Å². The summed E-state index contributed by atoms with van der Waals surface area (Å²) >= 11 is 1.52. The highest BCUT2D eigenvalue weighted by Crippen LogP contribution is 2.38. The van der Waals surface area contributed by atoms with Gasteiger partial charge in [0.1, 0.15) is 11.4 Å². The summed E-state index contributed by atoms with van der Waals surface area (Å²) < 4.78 is 5.74. The van der Waals surface area contributed by atoms with Crippen LogP contribution in [0, 0.1) is 20.8 Å². The molecule has 0 saturated heterocycles. The van der Waals surface area contributed by atoms with Gasteiger partial charge in [0, 0.05) is 18.2 Å². The Hall–Kier alpha value is -2.86. The third-order valence-electron chi connectivity index (χ3n) is 4.78. The Balaban J connectivity index is 2.02. The first kappa shape index (κ1) is 18.5. The number of nitrogens with zero attached hydrogens (tertiary/aromatic N) is 4. The fraction of sp³-hybridized carbons (Fsp3) is 0.227. The molecule has 0 unspecified atom stereocenters. The van der Waals surface area contributed by atoms with Crippen LogP contribution in [0.3, 0.4) is 0 Å². The van der Waals surface area contributed by atoms with E-state index in [0.717, 1.165) is 44.4 Å². The third-order valence-corrected chi connectivity index (χ3v) is 5.50. The molecular formula is C22H22N4OS. The fourth-order valence-electron chi connectivity index (χ4n) is 3.67. The van der Waals surface area contributed by atoms with E-state index in [4.69, 9.17) is 14.6 Å². The van der Waals surface area contributed by atoms with Crippen molar-refractivity contribution in [3.05, 3.63) is 70.3 Å². The number of rotatable bonds is 2. The summed E-state index contributed by atoms with van der Waals surface area (Å²) in [6, 6.07) is 14.4. The molecule has 0 atom stereocenters. The lowest BCUT2D eigenvalue weighted by molar-refractivity contribution is 0.431. The molecule has 0 saturated carbocycles. The summed E-state index contributed by atoms with van der Waals surface area (Å²) in [4.78, 5) is 4.70. The number of amidine groups is 1. The molecule has 2 aromatic carbocycles. The molecule has 28 heavy (non-hydrogen) atoms. The molecule has 4 rings (SSSR count). The molecule has 0 spiro atoms. The second-order valence-electron chi connectivity index (χ2n) is 6.92. The zero-order chi connectivity index (χ0) is 19.8. The Kier molecular flexibility index (Phi) is 4.81. The Morgan fingerprint density at radius 1 is 0.964 bits per heavy atom. The van der Waals surface area contributed by atoms with E-state index in [9.17, 15) is 0 Å². The molecule has 142 valence electrons. The average Bonchev–Trinajstić information content (AvgIpc) is 3.00. The average molecular weight is 391 g/mol. The highest BCUT2D eigenvalue weighted by Gasteiger charge is 2.29. The van der Waals surface area contributed by atoms with E-state index in [-0.39, 0.29) is 0 Å². The molecule has 0 N–H and O–H groups in total. The lowest BCUT2D eigenvalue weighted by atomic mass is 9.92. The maximum Gasteiger partial charge on any atom is 0.263 e. The van der Waals surface area contributed by atoms with E-state index in [1.807, 2.05) is 43.6 Å². The van der Waals surface area contributed by atoms with Gasteiger partial charge in [-0.15, -0.1) is 0 Å². The first-order chi connectivity index (χ1) is 13.5. The van der Waals surface area contributed by atoms with Crippen LogP contribution in [-0.2, 0) is 0 Å². The highest BCUT2D eigenvalue weighted by atomic mass is 32.2. The monoisotopic (exact) mass is 390 g/mol. The van der Waals surface area contributed by atoms with Crippen molar-refractivity contribution in [2.75, 3.05) is 13.3 Å². The standard InChI is InChI=1S/C22H22N4OS/c1-13-11-14(2)17(15(3)12-13)20-18-19(16-9-7-6-8-10-16)24-26(4)22(28-5)23-21(18)27-25-20/h6-12H,1-5H3. The van der Waals surface area contributed by atoms with E-state index in [2.05, 4.69) is 38.1 Å². The predicted molar refractivity (Wildman–Crippen MR) is 117 cm³/mol. The van der Waals surface area contributed by atoms with Gasteiger partial charge in [-0.25, -0.2) is 5.01 Å². The molecule has 0 fully saturated rings. The normalized spacial score (nSPS) is 13.7. The summed E-state index contributed by atoms with van der Waals surface area (Å²) in [6.45, 7) is 6.32. The summed E-state index contributed by atoms with van der Waals surface area (Å²) in [5.74, 6) is 0.491. The van der Waals surface area contributed by atoms with Gasteiger partial charge in [-0.1, -0.05) is 64.9 Å². The molecule has 0 aliphatic carbocycles. The zero-order valence-electron chi connectivity index (χ0n) is 16.6. The van der Waals surface area contributed by atoms with E-state index in [1.54, 1.807) is 5.01 Å². The Labute approximate surface area is 169 Å². The van der Waals surface area contributed by atoms with Crippen LogP contribution < -0.4 is 0 Å². The van der Waals surface area contributed by atoms with Crippen LogP contribution in [0.4, 0.5) is 5.88 Å². The molecule has 0 bridgehead atoms. The molecule has 1 aromatic heterocycles. The summed E-state index contributed by atoms with van der Waals surface area (Å²) in [7, 11) is 1.90. The minimum absolute atomic E-state index is 0.491. The van der Waals surface area contributed by atoms with Crippen LogP contribution in [0.25, 0.3) is 11.3 Å². The summed E-state index contributed by atoms with van der Waals surface area (Å²) in [5.41, 5.74) is 8.04. The zero-order valence-corrected chi connectivity index (χ0v) is 17.5. The SMILES string of the molecule is CSC1=Nc2onc(-c3c(C)cc(C)cc3C)c2C(c2ccccc2)=NN1C. The molecule has 6 heteroatoms. The largest absolute Gasteiger partial charge is 0.335 e. The third kappa shape index (κ3) is 3.14. The van der Waals surface area contributed by atoms with E-state index in [0.29, 0.717) is 5.88 Å². The van der Waals surface area contributed by atoms with Gasteiger partial charge < -0.3 is 4.52 Å². The lowest BCUT2D eigenvalue weighted by Crippen LogP contribution is -2.19. The second kappa shape index (κ2) is 7.28. The number of aromatic nitrogens is 1. The summed E-state index contributed by atoms with van der Waals surface area (Å²) in [5, 5.41) is 11.9. The lowest BCUT2D eigenvalue weighted by Gasteiger charge is -2.14.